The van der Waals surface area contributed by atoms with Crippen LogP contribution in [-0.4, -0.2) is 18.0 Å². The van der Waals surface area contributed by atoms with Gasteiger partial charge in [0.1, 0.15) is 10.6 Å². The van der Waals surface area contributed by atoms with Crippen molar-refractivity contribution in [2.45, 2.75) is 6.42 Å². The van der Waals surface area contributed by atoms with Crippen LogP contribution >= 0.6 is 0 Å². The summed E-state index contributed by atoms with van der Waals surface area (Å²) in [5, 5.41) is 1.76. The van der Waals surface area contributed by atoms with Gasteiger partial charge in [0.2, 0.25) is 6.54 Å². The van der Waals surface area contributed by atoms with Gasteiger partial charge in [-0.15, -0.1) is 5.01 Å². The summed E-state index contributed by atoms with van der Waals surface area (Å²) in [4.78, 5) is 12.2. The lowest BCUT2D eigenvalue weighted by molar-refractivity contribution is -0.541. The van der Waals surface area contributed by atoms with Crippen LogP contribution in [-0.2, 0) is 0 Å². The van der Waals surface area contributed by atoms with Crippen LogP contribution < -0.4 is 5.01 Å². The molecule has 1 aliphatic rings. The first-order chi connectivity index (χ1) is 5.88. The number of anilines is 1. The summed E-state index contributed by atoms with van der Waals surface area (Å²) < 4.78 is 0. The zero-order valence-electron chi connectivity index (χ0n) is 6.81. The number of rotatable bonds is 1. The molecule has 0 saturated carbocycles. The molecule has 0 N–H and O–H groups in total. The van der Waals surface area contributed by atoms with E-state index in [-0.39, 0.29) is 0 Å². The van der Waals surface area contributed by atoms with Gasteiger partial charge in [0.25, 0.3) is 0 Å². The fourth-order valence-electron chi connectivity index (χ4n) is 1.45. The summed E-state index contributed by atoms with van der Waals surface area (Å²) in [7, 11) is 0. The molecular formula is C9H11N2O+. The van der Waals surface area contributed by atoms with E-state index >= 15 is 0 Å². The molecular weight excluding hydrogens is 152 g/mol. The molecule has 0 aromatic heterocycles. The molecule has 1 aromatic rings. The Kier molecular flexibility index (Phi) is 1.78. The van der Waals surface area contributed by atoms with Crippen molar-refractivity contribution in [3.63, 3.8) is 0 Å². The second-order valence-electron chi connectivity index (χ2n) is 2.89. The van der Waals surface area contributed by atoms with Gasteiger partial charge in [0.15, 0.2) is 0 Å². The van der Waals surface area contributed by atoms with Crippen molar-refractivity contribution in [2.75, 3.05) is 18.1 Å². The van der Waals surface area contributed by atoms with Gasteiger partial charge >= 0.3 is 0 Å². The number of hydrazine groups is 1. The van der Waals surface area contributed by atoms with Gasteiger partial charge in [-0.25, -0.2) is 0 Å². The third kappa shape index (κ3) is 1.18. The summed E-state index contributed by atoms with van der Waals surface area (Å²) in [6.45, 7) is 1.46. The molecule has 12 heavy (non-hydrogen) atoms. The molecule has 0 aliphatic carbocycles. The fourth-order valence-corrected chi connectivity index (χ4v) is 1.45. The van der Waals surface area contributed by atoms with E-state index in [0.29, 0.717) is 6.54 Å². The lowest BCUT2D eigenvalue weighted by atomic mass is 10.3. The van der Waals surface area contributed by atoms with Crippen LogP contribution in [0.2, 0.25) is 0 Å². The van der Waals surface area contributed by atoms with E-state index in [4.69, 9.17) is 0 Å². The summed E-state index contributed by atoms with van der Waals surface area (Å²) >= 11 is 0. The molecule has 1 fully saturated rings. The molecule has 0 spiro atoms. The van der Waals surface area contributed by atoms with Crippen LogP contribution in [0.15, 0.2) is 30.3 Å². The van der Waals surface area contributed by atoms with Crippen LogP contribution in [0.1, 0.15) is 6.42 Å². The fraction of sp³-hybridized carbons (Fsp3) is 0.333. The maximum atomic E-state index is 11.2. The van der Waals surface area contributed by atoms with E-state index in [1.165, 1.54) is 0 Å². The Bertz CT molecular complexity index is 284. The Hall–Kier alpha value is -1.38. The molecule has 3 heteroatoms. The van der Waals surface area contributed by atoms with E-state index in [1.807, 2.05) is 30.3 Å². The highest BCUT2D eigenvalue weighted by Crippen LogP contribution is 2.17. The van der Waals surface area contributed by atoms with Crippen molar-refractivity contribution in [1.29, 1.82) is 0 Å². The lowest BCUT2D eigenvalue weighted by Crippen LogP contribution is -2.25. The first kappa shape index (κ1) is 7.28. The standard InChI is InChI=1S/C9H11N2O/c12-11-8-4-7-10(11)9-5-2-1-3-6-9/h1-3,5-6H,4,7-8H2/q+1. The van der Waals surface area contributed by atoms with Crippen LogP contribution in [0.4, 0.5) is 5.69 Å². The molecule has 1 saturated heterocycles. The van der Waals surface area contributed by atoms with Crippen LogP contribution in [0, 0.1) is 4.91 Å². The molecule has 1 heterocycles. The quantitative estimate of drug-likeness (QED) is 0.587. The largest absolute Gasteiger partial charge is 0.227 e. The van der Waals surface area contributed by atoms with Crippen LogP contribution in [0.5, 0.6) is 0 Å². The minimum Gasteiger partial charge on any atom is -0.109 e. The average Bonchev–Trinajstić information content (AvgIpc) is 2.53. The summed E-state index contributed by atoms with van der Waals surface area (Å²) in [6.07, 6.45) is 0.957. The highest BCUT2D eigenvalue weighted by atomic mass is 16.3. The zero-order chi connectivity index (χ0) is 8.39. The first-order valence-corrected chi connectivity index (χ1v) is 4.15. The molecule has 0 radical (unpaired) electrons. The van der Waals surface area contributed by atoms with E-state index in [0.717, 1.165) is 23.5 Å². The van der Waals surface area contributed by atoms with Gasteiger partial charge in [-0.2, -0.15) is 0 Å². The van der Waals surface area contributed by atoms with Crippen molar-refractivity contribution in [3.8, 4) is 0 Å². The minimum atomic E-state index is 0.620. The Morgan fingerprint density at radius 2 is 2.00 bits per heavy atom. The number of nitrogens with zero attached hydrogens (tertiary/aromatic N) is 2. The van der Waals surface area contributed by atoms with Gasteiger partial charge in [-0.05, 0) is 12.1 Å². The van der Waals surface area contributed by atoms with Gasteiger partial charge in [-0.3, -0.25) is 0 Å². The third-order valence-electron chi connectivity index (χ3n) is 2.04. The highest BCUT2D eigenvalue weighted by Gasteiger charge is 2.28. The van der Waals surface area contributed by atoms with Crippen molar-refractivity contribution in [3.05, 3.63) is 35.2 Å². The number of hydrogen-bond acceptors (Lipinski definition) is 1. The van der Waals surface area contributed by atoms with E-state index in [2.05, 4.69) is 0 Å². The number of nitroso groups, excluding NO2 is 1. The highest BCUT2D eigenvalue weighted by molar-refractivity contribution is 5.43. The molecule has 1 aromatic carbocycles. The zero-order valence-corrected chi connectivity index (χ0v) is 6.81. The predicted octanol–water partition coefficient (Wildman–Crippen LogP) is 1.59. The van der Waals surface area contributed by atoms with Crippen molar-refractivity contribution < 1.29 is 4.87 Å². The SMILES string of the molecule is O=[N+]1CCCN1c1ccccc1. The minimum absolute atomic E-state index is 0.620. The Morgan fingerprint density at radius 1 is 1.25 bits per heavy atom. The topological polar surface area (TPSA) is 23.3 Å². The predicted molar refractivity (Wildman–Crippen MR) is 46.9 cm³/mol. The van der Waals surface area contributed by atoms with Crippen molar-refractivity contribution >= 4 is 5.69 Å². The van der Waals surface area contributed by atoms with E-state index in [1.54, 1.807) is 5.01 Å². The monoisotopic (exact) mass is 163 g/mol. The van der Waals surface area contributed by atoms with Crippen molar-refractivity contribution in [1.82, 2.24) is 0 Å². The van der Waals surface area contributed by atoms with E-state index < -0.39 is 0 Å². The van der Waals surface area contributed by atoms with Gasteiger partial charge in [-0.1, -0.05) is 18.2 Å². The Labute approximate surface area is 71.2 Å². The van der Waals surface area contributed by atoms with Gasteiger partial charge in [0.05, 0.1) is 11.5 Å². The maximum absolute atomic E-state index is 11.2. The average molecular weight is 163 g/mol. The molecule has 2 rings (SSSR count). The molecule has 0 amide bonds. The summed E-state index contributed by atoms with van der Waals surface area (Å²) in [5.41, 5.74) is 0.991. The molecule has 0 unspecified atom stereocenters. The number of hydrogen-bond donors (Lipinski definition) is 0. The number of para-hydroxylation sites is 1. The molecule has 1 aliphatic heterocycles. The van der Waals surface area contributed by atoms with Crippen LogP contribution in [0.3, 0.4) is 0 Å². The maximum Gasteiger partial charge on any atom is 0.227 e. The van der Waals surface area contributed by atoms with E-state index in [9.17, 15) is 4.91 Å². The van der Waals surface area contributed by atoms with Gasteiger partial charge < -0.3 is 0 Å². The number of benzene rings is 1. The van der Waals surface area contributed by atoms with Crippen LogP contribution in [0.25, 0.3) is 0 Å². The second-order valence-corrected chi connectivity index (χ2v) is 2.89. The lowest BCUT2D eigenvalue weighted by Gasteiger charge is -2.05. The second kappa shape index (κ2) is 2.93. The summed E-state index contributed by atoms with van der Waals surface area (Å²) in [5.74, 6) is 0. The molecule has 3 nitrogen and oxygen atoms in total. The Balaban J connectivity index is 2.25. The molecule has 0 bridgehead atoms. The summed E-state index contributed by atoms with van der Waals surface area (Å²) in [6, 6.07) is 9.75. The third-order valence-corrected chi connectivity index (χ3v) is 2.04. The molecule has 62 valence electrons. The smallest absolute Gasteiger partial charge is 0.109 e. The first-order valence-electron chi connectivity index (χ1n) is 4.15. The Morgan fingerprint density at radius 3 is 2.58 bits per heavy atom. The van der Waals surface area contributed by atoms with Gasteiger partial charge in [0, 0.05) is 6.42 Å². The normalized spacial score (nSPS) is 17.0. The van der Waals surface area contributed by atoms with Crippen molar-refractivity contribution in [2.24, 2.45) is 0 Å². The molecule has 0 atom stereocenters.